The Balaban J connectivity index is 1.42. The SMILES string of the molecule is Cc1ccc(NC(=O)NC(=O)CSc2nnc(CN3CCCCC3)n2-c2ccc(F)cc2)c(C)c1. The maximum Gasteiger partial charge on any atom is 0.325 e. The number of amides is 3. The molecular weight excluding hydrogens is 467 g/mol. The number of nitrogens with zero attached hydrogens (tertiary/aromatic N) is 4. The summed E-state index contributed by atoms with van der Waals surface area (Å²) >= 11 is 1.18. The third kappa shape index (κ3) is 6.67. The Kier molecular flexibility index (Phi) is 8.14. The molecule has 4 rings (SSSR count). The molecule has 184 valence electrons. The van der Waals surface area contributed by atoms with Crippen molar-refractivity contribution in [2.24, 2.45) is 0 Å². The number of imide groups is 1. The molecule has 2 N–H and O–H groups in total. The standard InChI is InChI=1S/C25H29FN6O2S/c1-17-6-11-21(18(2)14-17)27-24(34)28-23(33)16-35-25-30-29-22(15-31-12-4-3-5-13-31)32(25)20-9-7-19(26)8-10-20/h6-11,14H,3-5,12-13,15-16H2,1-2H3,(H2,27,28,33,34). The second kappa shape index (κ2) is 11.5. The van der Waals surface area contributed by atoms with E-state index in [4.69, 9.17) is 0 Å². The van der Waals surface area contributed by atoms with Crippen LogP contribution in [0, 0.1) is 19.7 Å². The van der Waals surface area contributed by atoms with Crippen LogP contribution in [0.4, 0.5) is 14.9 Å². The zero-order valence-corrected chi connectivity index (χ0v) is 20.7. The lowest BCUT2D eigenvalue weighted by molar-refractivity contribution is -0.117. The van der Waals surface area contributed by atoms with E-state index in [-0.39, 0.29) is 11.6 Å². The Bertz CT molecular complexity index is 1190. The number of anilines is 1. The van der Waals surface area contributed by atoms with Gasteiger partial charge in [-0.2, -0.15) is 0 Å². The summed E-state index contributed by atoms with van der Waals surface area (Å²) in [5.74, 6) is -0.0797. The second-order valence-corrected chi connectivity index (χ2v) is 9.60. The van der Waals surface area contributed by atoms with Gasteiger partial charge >= 0.3 is 6.03 Å². The summed E-state index contributed by atoms with van der Waals surface area (Å²) in [6.45, 7) is 6.48. The molecule has 0 bridgehead atoms. The first kappa shape index (κ1) is 24.9. The van der Waals surface area contributed by atoms with Gasteiger partial charge in [0.15, 0.2) is 11.0 Å². The van der Waals surface area contributed by atoms with Crippen molar-refractivity contribution in [2.45, 2.75) is 44.8 Å². The number of carbonyl (C=O) groups is 2. The monoisotopic (exact) mass is 496 g/mol. The topological polar surface area (TPSA) is 92.2 Å². The van der Waals surface area contributed by atoms with Crippen LogP contribution in [0.25, 0.3) is 5.69 Å². The number of carbonyl (C=O) groups excluding carboxylic acids is 2. The highest BCUT2D eigenvalue weighted by Gasteiger charge is 2.20. The van der Waals surface area contributed by atoms with Crippen LogP contribution in [0.1, 0.15) is 36.2 Å². The fourth-order valence-electron chi connectivity index (χ4n) is 4.06. The summed E-state index contributed by atoms with van der Waals surface area (Å²) in [5, 5.41) is 14.2. The summed E-state index contributed by atoms with van der Waals surface area (Å²) in [6, 6.07) is 11.2. The predicted molar refractivity (Wildman–Crippen MR) is 134 cm³/mol. The van der Waals surface area contributed by atoms with E-state index in [1.165, 1.54) is 30.3 Å². The number of hydrogen-bond acceptors (Lipinski definition) is 6. The van der Waals surface area contributed by atoms with Crippen molar-refractivity contribution in [1.82, 2.24) is 25.0 Å². The van der Waals surface area contributed by atoms with Gasteiger partial charge in [0.05, 0.1) is 12.3 Å². The normalized spacial score (nSPS) is 14.0. The lowest BCUT2D eigenvalue weighted by Crippen LogP contribution is -2.35. The van der Waals surface area contributed by atoms with Crippen LogP contribution in [0.15, 0.2) is 47.6 Å². The molecular formula is C25H29FN6O2S. The molecule has 1 fully saturated rings. The van der Waals surface area contributed by atoms with Crippen molar-refractivity contribution in [3.05, 3.63) is 65.2 Å². The Morgan fingerprint density at radius 2 is 1.77 bits per heavy atom. The number of halogens is 1. The minimum Gasteiger partial charge on any atom is -0.307 e. The van der Waals surface area contributed by atoms with E-state index in [1.54, 1.807) is 18.2 Å². The molecule has 10 heteroatoms. The zero-order chi connectivity index (χ0) is 24.8. The van der Waals surface area contributed by atoms with Gasteiger partial charge in [-0.15, -0.1) is 10.2 Å². The maximum absolute atomic E-state index is 13.5. The minimum atomic E-state index is -0.589. The predicted octanol–water partition coefficient (Wildman–Crippen LogP) is 4.45. The van der Waals surface area contributed by atoms with Crippen LogP contribution in [-0.4, -0.2) is 50.4 Å². The van der Waals surface area contributed by atoms with Gasteiger partial charge in [-0.3, -0.25) is 19.6 Å². The molecule has 3 amide bonds. The van der Waals surface area contributed by atoms with E-state index < -0.39 is 11.9 Å². The van der Waals surface area contributed by atoms with Crippen molar-refractivity contribution < 1.29 is 14.0 Å². The molecule has 0 radical (unpaired) electrons. The average Bonchev–Trinajstić information content (AvgIpc) is 3.23. The molecule has 1 aliphatic rings. The Labute approximate surface area is 208 Å². The van der Waals surface area contributed by atoms with Crippen LogP contribution in [0.5, 0.6) is 0 Å². The molecule has 0 aliphatic carbocycles. The average molecular weight is 497 g/mol. The molecule has 8 nitrogen and oxygen atoms in total. The minimum absolute atomic E-state index is 0.0245. The van der Waals surface area contributed by atoms with Crippen LogP contribution in [0.2, 0.25) is 0 Å². The molecule has 3 aromatic rings. The number of nitrogens with one attached hydrogen (secondary N) is 2. The summed E-state index contributed by atoms with van der Waals surface area (Å²) in [6.07, 6.45) is 3.53. The van der Waals surface area contributed by atoms with Crippen LogP contribution < -0.4 is 10.6 Å². The largest absolute Gasteiger partial charge is 0.325 e. The lowest BCUT2D eigenvalue weighted by Gasteiger charge is -2.26. The molecule has 0 unspecified atom stereocenters. The molecule has 0 saturated carbocycles. The van der Waals surface area contributed by atoms with Crippen molar-refractivity contribution in [3.8, 4) is 5.69 Å². The van der Waals surface area contributed by atoms with E-state index in [2.05, 4.69) is 25.7 Å². The fraction of sp³-hybridized carbons (Fsp3) is 0.360. The van der Waals surface area contributed by atoms with Crippen LogP contribution in [-0.2, 0) is 11.3 Å². The lowest BCUT2D eigenvalue weighted by atomic mass is 10.1. The number of rotatable bonds is 7. The molecule has 2 heterocycles. The smallest absolute Gasteiger partial charge is 0.307 e. The second-order valence-electron chi connectivity index (χ2n) is 8.66. The number of aromatic nitrogens is 3. The zero-order valence-electron chi connectivity index (χ0n) is 19.9. The number of likely N-dealkylation sites (tertiary alicyclic amines) is 1. The molecule has 1 aromatic heterocycles. The van der Waals surface area contributed by atoms with Crippen LogP contribution in [0.3, 0.4) is 0 Å². The molecule has 0 spiro atoms. The number of thioether (sulfide) groups is 1. The Hall–Kier alpha value is -3.24. The summed E-state index contributed by atoms with van der Waals surface area (Å²) < 4.78 is 15.4. The number of benzene rings is 2. The van der Waals surface area contributed by atoms with Crippen molar-refractivity contribution >= 4 is 29.4 Å². The third-order valence-electron chi connectivity index (χ3n) is 5.81. The highest BCUT2D eigenvalue weighted by Crippen LogP contribution is 2.24. The van der Waals surface area contributed by atoms with E-state index in [1.807, 2.05) is 30.5 Å². The molecule has 1 saturated heterocycles. The first-order valence-electron chi connectivity index (χ1n) is 11.6. The van der Waals surface area contributed by atoms with Gasteiger partial charge in [0.2, 0.25) is 5.91 Å². The highest BCUT2D eigenvalue weighted by atomic mass is 32.2. The molecule has 0 atom stereocenters. The van der Waals surface area contributed by atoms with Gasteiger partial charge in [0.1, 0.15) is 5.82 Å². The van der Waals surface area contributed by atoms with Gasteiger partial charge in [-0.25, -0.2) is 9.18 Å². The number of hydrogen-bond donors (Lipinski definition) is 2. The van der Waals surface area contributed by atoms with Gasteiger partial charge in [-0.1, -0.05) is 35.9 Å². The Morgan fingerprint density at radius 1 is 1.03 bits per heavy atom. The molecule has 35 heavy (non-hydrogen) atoms. The van der Waals surface area contributed by atoms with E-state index >= 15 is 0 Å². The van der Waals surface area contributed by atoms with Crippen molar-refractivity contribution in [3.63, 3.8) is 0 Å². The number of urea groups is 1. The fourth-order valence-corrected chi connectivity index (χ4v) is 4.83. The third-order valence-corrected chi connectivity index (χ3v) is 6.74. The summed E-state index contributed by atoms with van der Waals surface area (Å²) in [4.78, 5) is 27.1. The molecule has 2 aromatic carbocycles. The molecule has 1 aliphatic heterocycles. The van der Waals surface area contributed by atoms with Gasteiger partial charge in [0, 0.05) is 11.4 Å². The number of piperidine rings is 1. The Morgan fingerprint density at radius 3 is 2.49 bits per heavy atom. The van der Waals surface area contributed by atoms with Gasteiger partial charge in [-0.05, 0) is 75.7 Å². The summed E-state index contributed by atoms with van der Waals surface area (Å²) in [5.41, 5.74) is 3.37. The van der Waals surface area contributed by atoms with E-state index in [9.17, 15) is 14.0 Å². The number of aryl methyl sites for hydroxylation is 2. The first-order chi connectivity index (χ1) is 16.9. The van der Waals surface area contributed by atoms with E-state index in [0.717, 1.165) is 48.6 Å². The van der Waals surface area contributed by atoms with Crippen LogP contribution >= 0.6 is 11.8 Å². The van der Waals surface area contributed by atoms with Crippen molar-refractivity contribution in [2.75, 3.05) is 24.2 Å². The quantitative estimate of drug-likeness (QED) is 0.470. The first-order valence-corrected chi connectivity index (χ1v) is 12.6. The van der Waals surface area contributed by atoms with Gasteiger partial charge < -0.3 is 5.32 Å². The summed E-state index contributed by atoms with van der Waals surface area (Å²) in [7, 11) is 0. The highest BCUT2D eigenvalue weighted by molar-refractivity contribution is 7.99. The maximum atomic E-state index is 13.5. The van der Waals surface area contributed by atoms with Crippen molar-refractivity contribution in [1.29, 1.82) is 0 Å². The van der Waals surface area contributed by atoms with E-state index in [0.29, 0.717) is 17.4 Å². The van der Waals surface area contributed by atoms with Gasteiger partial charge in [0.25, 0.3) is 0 Å².